The standard InChI is InChI=1S/C10H6BrF3O2/c11-7-3-1-2-6(4-7)8(15)5-9(16)10(12,13)14/h1-4H,5H2. The normalized spacial score (nSPS) is 11.2. The average Bonchev–Trinajstić information content (AvgIpc) is 2.16. The van der Waals surface area contributed by atoms with Gasteiger partial charge >= 0.3 is 6.18 Å². The van der Waals surface area contributed by atoms with Crippen LogP contribution in [0.4, 0.5) is 13.2 Å². The molecular formula is C10H6BrF3O2. The van der Waals surface area contributed by atoms with Crippen LogP contribution in [0.2, 0.25) is 0 Å². The van der Waals surface area contributed by atoms with Crippen LogP contribution in [0.15, 0.2) is 28.7 Å². The highest BCUT2D eigenvalue weighted by molar-refractivity contribution is 9.10. The lowest BCUT2D eigenvalue weighted by atomic mass is 10.1. The maximum atomic E-state index is 11.9. The summed E-state index contributed by atoms with van der Waals surface area (Å²) in [4.78, 5) is 21.9. The molecule has 0 aromatic heterocycles. The molecule has 0 atom stereocenters. The van der Waals surface area contributed by atoms with E-state index in [0.717, 1.165) is 0 Å². The number of carbonyl (C=O) groups excluding carboxylic acids is 2. The minimum Gasteiger partial charge on any atom is -0.294 e. The van der Waals surface area contributed by atoms with Crippen molar-refractivity contribution in [2.24, 2.45) is 0 Å². The molecule has 0 spiro atoms. The molecule has 2 nitrogen and oxygen atoms in total. The van der Waals surface area contributed by atoms with E-state index < -0.39 is 24.2 Å². The lowest BCUT2D eigenvalue weighted by Gasteiger charge is -2.04. The first kappa shape index (κ1) is 12.9. The van der Waals surface area contributed by atoms with Crippen molar-refractivity contribution in [2.75, 3.05) is 0 Å². The molecule has 1 aromatic carbocycles. The molecule has 6 heteroatoms. The van der Waals surface area contributed by atoms with Crippen LogP contribution in [0, 0.1) is 0 Å². The van der Waals surface area contributed by atoms with Crippen LogP contribution in [0.5, 0.6) is 0 Å². The summed E-state index contributed by atoms with van der Waals surface area (Å²) >= 11 is 3.08. The predicted octanol–water partition coefficient (Wildman–Crippen LogP) is 3.15. The minimum atomic E-state index is -4.96. The first-order chi connectivity index (χ1) is 7.30. The second-order valence-electron chi connectivity index (χ2n) is 3.03. The summed E-state index contributed by atoms with van der Waals surface area (Å²) < 4.78 is 36.2. The van der Waals surface area contributed by atoms with Gasteiger partial charge in [-0.3, -0.25) is 9.59 Å². The monoisotopic (exact) mass is 294 g/mol. The summed E-state index contributed by atoms with van der Waals surface area (Å²) in [5.74, 6) is -2.87. The zero-order chi connectivity index (χ0) is 12.3. The van der Waals surface area contributed by atoms with Crippen molar-refractivity contribution in [3.63, 3.8) is 0 Å². The molecule has 0 saturated heterocycles. The van der Waals surface area contributed by atoms with Crippen LogP contribution in [-0.4, -0.2) is 17.7 Å². The van der Waals surface area contributed by atoms with Crippen LogP contribution in [-0.2, 0) is 4.79 Å². The maximum absolute atomic E-state index is 11.9. The summed E-state index contributed by atoms with van der Waals surface area (Å²) in [5, 5.41) is 0. The third-order valence-corrected chi connectivity index (χ3v) is 2.28. The lowest BCUT2D eigenvalue weighted by Crippen LogP contribution is -2.25. The van der Waals surface area contributed by atoms with Gasteiger partial charge in [-0.15, -0.1) is 0 Å². The summed E-state index contributed by atoms with van der Waals surface area (Å²) in [5.41, 5.74) is 0.0759. The van der Waals surface area contributed by atoms with Gasteiger partial charge in [0.25, 0.3) is 0 Å². The maximum Gasteiger partial charge on any atom is 0.450 e. The van der Waals surface area contributed by atoms with Crippen molar-refractivity contribution >= 4 is 27.5 Å². The van der Waals surface area contributed by atoms with E-state index in [1.54, 1.807) is 6.07 Å². The third-order valence-electron chi connectivity index (χ3n) is 1.78. The largest absolute Gasteiger partial charge is 0.450 e. The van der Waals surface area contributed by atoms with E-state index in [4.69, 9.17) is 0 Å². The van der Waals surface area contributed by atoms with Crippen LogP contribution in [0.25, 0.3) is 0 Å². The second-order valence-corrected chi connectivity index (χ2v) is 3.95. The molecular weight excluding hydrogens is 289 g/mol. The summed E-state index contributed by atoms with van der Waals surface area (Å²) in [6.45, 7) is 0. The van der Waals surface area contributed by atoms with E-state index in [1.807, 2.05) is 0 Å². The van der Waals surface area contributed by atoms with E-state index in [-0.39, 0.29) is 5.56 Å². The van der Waals surface area contributed by atoms with E-state index in [1.165, 1.54) is 18.2 Å². The number of rotatable bonds is 3. The van der Waals surface area contributed by atoms with Crippen molar-refractivity contribution in [3.05, 3.63) is 34.3 Å². The SMILES string of the molecule is O=C(CC(=O)C(F)(F)F)c1cccc(Br)c1. The number of Topliss-reactive ketones (excluding diaryl/α,β-unsaturated/α-hetero) is 2. The molecule has 16 heavy (non-hydrogen) atoms. The Morgan fingerprint density at radius 2 is 1.88 bits per heavy atom. The Morgan fingerprint density at radius 3 is 2.38 bits per heavy atom. The number of benzene rings is 1. The Labute approximate surface area is 97.6 Å². The number of halogens is 4. The molecule has 0 N–H and O–H groups in total. The van der Waals surface area contributed by atoms with Gasteiger partial charge in [0.1, 0.15) is 0 Å². The van der Waals surface area contributed by atoms with Crippen molar-refractivity contribution in [1.29, 1.82) is 0 Å². The predicted molar refractivity (Wildman–Crippen MR) is 54.2 cm³/mol. The van der Waals surface area contributed by atoms with Gasteiger partial charge in [-0.05, 0) is 12.1 Å². The fraction of sp³-hybridized carbons (Fsp3) is 0.200. The van der Waals surface area contributed by atoms with Crippen LogP contribution in [0.1, 0.15) is 16.8 Å². The second kappa shape index (κ2) is 4.78. The molecule has 0 amide bonds. The number of hydrogen-bond acceptors (Lipinski definition) is 2. The molecule has 0 radical (unpaired) electrons. The Hall–Kier alpha value is -1.17. The zero-order valence-corrected chi connectivity index (χ0v) is 9.43. The van der Waals surface area contributed by atoms with E-state index >= 15 is 0 Å². The lowest BCUT2D eigenvalue weighted by molar-refractivity contribution is -0.170. The van der Waals surface area contributed by atoms with Crippen molar-refractivity contribution in [3.8, 4) is 0 Å². The van der Waals surface area contributed by atoms with Crippen LogP contribution < -0.4 is 0 Å². The van der Waals surface area contributed by atoms with E-state index in [0.29, 0.717) is 4.47 Å². The third kappa shape index (κ3) is 3.44. The highest BCUT2D eigenvalue weighted by atomic mass is 79.9. The van der Waals surface area contributed by atoms with Crippen molar-refractivity contribution in [2.45, 2.75) is 12.6 Å². The molecule has 0 saturated carbocycles. The number of hydrogen-bond donors (Lipinski definition) is 0. The number of alkyl halides is 3. The molecule has 0 heterocycles. The van der Waals surface area contributed by atoms with Gasteiger partial charge in [-0.1, -0.05) is 28.1 Å². The first-order valence-corrected chi connectivity index (χ1v) is 4.99. The van der Waals surface area contributed by atoms with Gasteiger partial charge in [0.15, 0.2) is 5.78 Å². The fourth-order valence-electron chi connectivity index (χ4n) is 1.01. The highest BCUT2D eigenvalue weighted by Crippen LogP contribution is 2.20. The number of ketones is 2. The molecule has 0 bridgehead atoms. The molecule has 0 unspecified atom stereocenters. The molecule has 0 fully saturated rings. The molecule has 0 aliphatic heterocycles. The van der Waals surface area contributed by atoms with Crippen molar-refractivity contribution in [1.82, 2.24) is 0 Å². The van der Waals surface area contributed by atoms with Gasteiger partial charge in [-0.25, -0.2) is 0 Å². The minimum absolute atomic E-state index is 0.0759. The van der Waals surface area contributed by atoms with Gasteiger partial charge < -0.3 is 0 Å². The topological polar surface area (TPSA) is 34.1 Å². The summed E-state index contributed by atoms with van der Waals surface area (Å²) in [6, 6.07) is 5.86. The van der Waals surface area contributed by atoms with Gasteiger partial charge in [0, 0.05) is 10.0 Å². The molecule has 1 aromatic rings. The first-order valence-electron chi connectivity index (χ1n) is 4.19. The van der Waals surface area contributed by atoms with E-state index in [9.17, 15) is 22.8 Å². The van der Waals surface area contributed by atoms with Crippen molar-refractivity contribution < 1.29 is 22.8 Å². The van der Waals surface area contributed by atoms with Crippen LogP contribution >= 0.6 is 15.9 Å². The Bertz CT molecular complexity index is 426. The smallest absolute Gasteiger partial charge is 0.294 e. The Morgan fingerprint density at radius 1 is 1.25 bits per heavy atom. The van der Waals surface area contributed by atoms with E-state index in [2.05, 4.69) is 15.9 Å². The summed E-state index contributed by atoms with van der Waals surface area (Å²) in [6.07, 6.45) is -6.11. The molecule has 0 aliphatic carbocycles. The molecule has 86 valence electrons. The Balaban J connectivity index is 2.78. The quantitative estimate of drug-likeness (QED) is 0.634. The van der Waals surface area contributed by atoms with Gasteiger partial charge in [0.2, 0.25) is 5.78 Å². The van der Waals surface area contributed by atoms with Gasteiger partial charge in [-0.2, -0.15) is 13.2 Å². The number of carbonyl (C=O) groups is 2. The van der Waals surface area contributed by atoms with Gasteiger partial charge in [0.05, 0.1) is 6.42 Å². The zero-order valence-electron chi connectivity index (χ0n) is 7.84. The average molecular weight is 295 g/mol. The summed E-state index contributed by atoms with van der Waals surface area (Å²) in [7, 11) is 0. The Kier molecular flexibility index (Phi) is 3.85. The van der Waals surface area contributed by atoms with Crippen LogP contribution in [0.3, 0.4) is 0 Å². The molecule has 1 rings (SSSR count). The molecule has 0 aliphatic rings. The fourth-order valence-corrected chi connectivity index (χ4v) is 1.41. The highest BCUT2D eigenvalue weighted by Gasteiger charge is 2.39.